The number of amidine groups is 1. The van der Waals surface area contributed by atoms with Crippen molar-refractivity contribution in [2.45, 2.75) is 6.23 Å². The summed E-state index contributed by atoms with van der Waals surface area (Å²) in [6.07, 6.45) is -0.255. The minimum absolute atomic E-state index is 0.255. The van der Waals surface area contributed by atoms with Crippen LogP contribution in [0.3, 0.4) is 0 Å². The molecule has 2 rings (SSSR count). The maximum absolute atomic E-state index is 5.59. The molecule has 0 radical (unpaired) electrons. The van der Waals surface area contributed by atoms with Gasteiger partial charge in [-0.3, -0.25) is 0 Å². The fourth-order valence-electron chi connectivity index (χ4n) is 1.14. The van der Waals surface area contributed by atoms with Crippen LogP contribution in [0.2, 0.25) is 0 Å². The molecule has 13 heavy (non-hydrogen) atoms. The number of nitrogens with one attached hydrogen (secondary N) is 1. The van der Waals surface area contributed by atoms with Gasteiger partial charge in [0.25, 0.3) is 0 Å². The van der Waals surface area contributed by atoms with E-state index in [1.165, 1.54) is 0 Å². The molecule has 3 nitrogen and oxygen atoms in total. The molecule has 1 unspecified atom stereocenters. The van der Waals surface area contributed by atoms with Crippen LogP contribution >= 0.6 is 11.6 Å². The Bertz CT molecular complexity index is 313. The van der Waals surface area contributed by atoms with Crippen molar-refractivity contribution in [2.24, 2.45) is 4.99 Å². The molecule has 0 aromatic heterocycles. The second-order valence-electron chi connectivity index (χ2n) is 2.69. The average molecular weight is 197 g/mol. The van der Waals surface area contributed by atoms with Gasteiger partial charge in [0.05, 0.1) is 5.88 Å². The van der Waals surface area contributed by atoms with E-state index >= 15 is 0 Å². The molecule has 0 fully saturated rings. The van der Waals surface area contributed by atoms with Crippen LogP contribution < -0.4 is 5.48 Å². The molecule has 0 aliphatic carbocycles. The molecule has 1 aliphatic rings. The number of hydrogen-bond acceptors (Lipinski definition) is 3. The van der Waals surface area contributed by atoms with Gasteiger partial charge in [0, 0.05) is 5.56 Å². The van der Waals surface area contributed by atoms with Crippen molar-refractivity contribution in [3.8, 4) is 0 Å². The van der Waals surface area contributed by atoms with Crippen LogP contribution in [0.5, 0.6) is 0 Å². The summed E-state index contributed by atoms with van der Waals surface area (Å²) in [5.41, 5.74) is 3.70. The van der Waals surface area contributed by atoms with Gasteiger partial charge in [-0.1, -0.05) is 30.3 Å². The fourth-order valence-corrected chi connectivity index (χ4v) is 1.26. The highest BCUT2D eigenvalue weighted by atomic mass is 35.5. The van der Waals surface area contributed by atoms with E-state index in [1.54, 1.807) is 0 Å². The van der Waals surface area contributed by atoms with Gasteiger partial charge in [0.15, 0.2) is 0 Å². The summed E-state index contributed by atoms with van der Waals surface area (Å²) < 4.78 is 0. The number of benzene rings is 1. The molecule has 0 saturated carbocycles. The van der Waals surface area contributed by atoms with E-state index in [0.29, 0.717) is 11.7 Å². The third-order valence-electron chi connectivity index (χ3n) is 1.77. The molecule has 1 aromatic carbocycles. The van der Waals surface area contributed by atoms with Crippen molar-refractivity contribution in [2.75, 3.05) is 5.88 Å². The summed E-state index contributed by atoms with van der Waals surface area (Å²) in [5.74, 6) is 1.03. The van der Waals surface area contributed by atoms with Gasteiger partial charge in [-0.15, -0.1) is 11.6 Å². The van der Waals surface area contributed by atoms with Crippen molar-refractivity contribution >= 4 is 17.4 Å². The standard InChI is InChI=1S/C9H9ClN2O/c10-6-8-11-9(13-12-8)7-4-2-1-3-5-7/h1-5,9H,6H2,(H,11,12). The SMILES string of the molecule is ClCC1=NC(c2ccccc2)ON1. The third-order valence-corrected chi connectivity index (χ3v) is 2.03. The highest BCUT2D eigenvalue weighted by Crippen LogP contribution is 2.20. The summed E-state index contributed by atoms with van der Waals surface area (Å²) in [5, 5.41) is 0. The van der Waals surface area contributed by atoms with E-state index in [4.69, 9.17) is 16.4 Å². The molecule has 4 heteroatoms. The van der Waals surface area contributed by atoms with Gasteiger partial charge in [-0.25, -0.2) is 15.3 Å². The zero-order chi connectivity index (χ0) is 9.10. The van der Waals surface area contributed by atoms with Crippen LogP contribution in [0.1, 0.15) is 11.8 Å². The molecule has 1 N–H and O–H groups in total. The molecule has 1 aliphatic heterocycles. The number of alkyl halides is 1. The van der Waals surface area contributed by atoms with Gasteiger partial charge in [-0.05, 0) is 0 Å². The summed E-state index contributed by atoms with van der Waals surface area (Å²) >= 11 is 5.59. The normalized spacial score (nSPS) is 21.0. The van der Waals surface area contributed by atoms with Gasteiger partial charge in [0.2, 0.25) is 6.23 Å². The van der Waals surface area contributed by atoms with Gasteiger partial charge in [0.1, 0.15) is 5.84 Å². The Morgan fingerprint density at radius 1 is 1.38 bits per heavy atom. The molecule has 0 bridgehead atoms. The van der Waals surface area contributed by atoms with E-state index in [1.807, 2.05) is 30.3 Å². The Hall–Kier alpha value is -1.06. The van der Waals surface area contributed by atoms with Crippen LogP contribution in [0.25, 0.3) is 0 Å². The van der Waals surface area contributed by atoms with E-state index in [2.05, 4.69) is 10.5 Å². The third kappa shape index (κ3) is 1.82. The highest BCUT2D eigenvalue weighted by Gasteiger charge is 2.18. The Labute approximate surface area is 81.3 Å². The molecule has 0 spiro atoms. The van der Waals surface area contributed by atoms with Crippen LogP contribution in [0, 0.1) is 0 Å². The quantitative estimate of drug-likeness (QED) is 0.733. The predicted octanol–water partition coefficient (Wildman–Crippen LogP) is 1.86. The number of aliphatic imine (C=N–C) groups is 1. The molecule has 1 atom stereocenters. The maximum Gasteiger partial charge on any atom is 0.202 e. The molecule has 1 heterocycles. The largest absolute Gasteiger partial charge is 0.249 e. The monoisotopic (exact) mass is 196 g/mol. The Morgan fingerprint density at radius 2 is 2.15 bits per heavy atom. The predicted molar refractivity (Wildman–Crippen MR) is 51.6 cm³/mol. The van der Waals surface area contributed by atoms with Crippen LogP contribution in [0.4, 0.5) is 0 Å². The lowest BCUT2D eigenvalue weighted by Gasteiger charge is -2.04. The minimum Gasteiger partial charge on any atom is -0.249 e. The summed E-state index contributed by atoms with van der Waals surface area (Å²) in [4.78, 5) is 9.43. The molecule has 1 aromatic rings. The first-order valence-corrected chi connectivity index (χ1v) is 4.53. The minimum atomic E-state index is -0.255. The summed E-state index contributed by atoms with van der Waals surface area (Å²) in [7, 11) is 0. The summed E-state index contributed by atoms with van der Waals surface area (Å²) in [6.45, 7) is 0. The van der Waals surface area contributed by atoms with Crippen molar-refractivity contribution in [1.29, 1.82) is 0 Å². The van der Waals surface area contributed by atoms with Crippen molar-refractivity contribution in [1.82, 2.24) is 5.48 Å². The van der Waals surface area contributed by atoms with Crippen LogP contribution in [-0.2, 0) is 4.84 Å². The van der Waals surface area contributed by atoms with Crippen molar-refractivity contribution < 1.29 is 4.84 Å². The molecule has 0 saturated heterocycles. The van der Waals surface area contributed by atoms with E-state index in [-0.39, 0.29) is 6.23 Å². The topological polar surface area (TPSA) is 33.6 Å². The summed E-state index contributed by atoms with van der Waals surface area (Å²) in [6, 6.07) is 9.79. The Balaban J connectivity index is 2.16. The average Bonchev–Trinajstić information content (AvgIpc) is 2.67. The van der Waals surface area contributed by atoms with Crippen molar-refractivity contribution in [3.05, 3.63) is 35.9 Å². The number of halogens is 1. The zero-order valence-electron chi connectivity index (χ0n) is 6.90. The highest BCUT2D eigenvalue weighted by molar-refractivity contribution is 6.28. The van der Waals surface area contributed by atoms with Gasteiger partial charge >= 0.3 is 0 Å². The van der Waals surface area contributed by atoms with E-state index < -0.39 is 0 Å². The van der Waals surface area contributed by atoms with E-state index in [9.17, 15) is 0 Å². The molecular weight excluding hydrogens is 188 g/mol. The zero-order valence-corrected chi connectivity index (χ0v) is 7.66. The molecular formula is C9H9ClN2O. The first kappa shape index (κ1) is 8.53. The lowest BCUT2D eigenvalue weighted by Crippen LogP contribution is -2.17. The number of nitrogens with zero attached hydrogens (tertiary/aromatic N) is 1. The first-order chi connectivity index (χ1) is 6.40. The number of rotatable bonds is 2. The second-order valence-corrected chi connectivity index (χ2v) is 2.96. The fraction of sp³-hybridized carbons (Fsp3) is 0.222. The van der Waals surface area contributed by atoms with E-state index in [0.717, 1.165) is 5.56 Å². The molecule has 0 amide bonds. The van der Waals surface area contributed by atoms with Gasteiger partial charge in [-0.2, -0.15) is 0 Å². The lowest BCUT2D eigenvalue weighted by atomic mass is 10.2. The van der Waals surface area contributed by atoms with Crippen molar-refractivity contribution in [3.63, 3.8) is 0 Å². The lowest BCUT2D eigenvalue weighted by molar-refractivity contribution is 0.0374. The Kier molecular flexibility index (Phi) is 2.47. The Morgan fingerprint density at radius 3 is 2.77 bits per heavy atom. The number of hydrogen-bond donors (Lipinski definition) is 1. The smallest absolute Gasteiger partial charge is 0.202 e. The van der Waals surface area contributed by atoms with Gasteiger partial charge < -0.3 is 0 Å². The second kappa shape index (κ2) is 3.77. The number of hydroxylamine groups is 1. The molecule has 68 valence electrons. The maximum atomic E-state index is 5.59. The first-order valence-electron chi connectivity index (χ1n) is 3.99. The van der Waals surface area contributed by atoms with Crippen LogP contribution in [0.15, 0.2) is 35.3 Å². The van der Waals surface area contributed by atoms with Crippen LogP contribution in [-0.4, -0.2) is 11.7 Å².